The number of aromatic nitrogens is 2. The Bertz CT molecular complexity index is 966. The molecule has 138 valence electrons. The van der Waals surface area contributed by atoms with Gasteiger partial charge in [-0.15, -0.1) is 0 Å². The second-order valence-electron chi connectivity index (χ2n) is 5.93. The molecule has 0 bridgehead atoms. The molecule has 0 aliphatic heterocycles. The molecule has 3 rings (SSSR count). The first-order valence-corrected chi connectivity index (χ1v) is 8.31. The third-order valence-corrected chi connectivity index (χ3v) is 4.22. The quantitative estimate of drug-likeness (QED) is 0.668. The molecule has 6 nitrogen and oxygen atoms in total. The van der Waals surface area contributed by atoms with E-state index in [1.165, 1.54) is 6.20 Å². The van der Waals surface area contributed by atoms with E-state index in [4.69, 9.17) is 14.6 Å². The molecule has 0 saturated heterocycles. The third kappa shape index (κ3) is 4.00. The average molecular weight is 364 g/mol. The highest BCUT2D eigenvalue weighted by molar-refractivity contribution is 5.88. The first kappa shape index (κ1) is 18.3. The highest BCUT2D eigenvalue weighted by atomic mass is 16.5. The van der Waals surface area contributed by atoms with Gasteiger partial charge in [0, 0.05) is 6.07 Å². The van der Waals surface area contributed by atoms with Crippen LogP contribution in [0.2, 0.25) is 0 Å². The number of carboxylic acid groups (broad SMARTS) is 1. The van der Waals surface area contributed by atoms with Crippen LogP contribution in [-0.2, 0) is 0 Å². The van der Waals surface area contributed by atoms with E-state index in [9.17, 15) is 4.79 Å². The maximum absolute atomic E-state index is 11.2. The predicted molar refractivity (Wildman–Crippen MR) is 104 cm³/mol. The molecule has 1 aromatic heterocycles. The lowest BCUT2D eigenvalue weighted by Crippen LogP contribution is -2.02. The minimum absolute atomic E-state index is 0.200. The fourth-order valence-electron chi connectivity index (χ4n) is 2.72. The van der Waals surface area contributed by atoms with Crippen molar-refractivity contribution in [2.24, 2.45) is 0 Å². The van der Waals surface area contributed by atoms with Gasteiger partial charge in [-0.3, -0.25) is 0 Å². The fourth-order valence-corrected chi connectivity index (χ4v) is 2.72. The molecule has 0 radical (unpaired) electrons. The summed E-state index contributed by atoms with van der Waals surface area (Å²) in [5.41, 5.74) is 3.56. The lowest BCUT2D eigenvalue weighted by atomic mass is 10.1. The Morgan fingerprint density at radius 1 is 1.00 bits per heavy atom. The maximum Gasteiger partial charge on any atom is 0.339 e. The van der Waals surface area contributed by atoms with Crippen LogP contribution >= 0.6 is 0 Å². The van der Waals surface area contributed by atoms with Crippen LogP contribution in [0.1, 0.15) is 27.2 Å². The van der Waals surface area contributed by atoms with Crippen LogP contribution in [0, 0.1) is 6.92 Å². The summed E-state index contributed by atoms with van der Waals surface area (Å²) in [7, 11) is 3.24. The van der Waals surface area contributed by atoms with Crippen molar-refractivity contribution in [2.45, 2.75) is 6.92 Å². The first-order valence-electron chi connectivity index (χ1n) is 8.31. The normalized spacial score (nSPS) is 10.9. The van der Waals surface area contributed by atoms with Gasteiger partial charge in [0.2, 0.25) is 0 Å². The predicted octanol–water partition coefficient (Wildman–Crippen LogP) is 4.07. The topological polar surface area (TPSA) is 73.6 Å². The van der Waals surface area contributed by atoms with E-state index in [0.717, 1.165) is 28.3 Å². The number of rotatable bonds is 6. The van der Waals surface area contributed by atoms with Gasteiger partial charge >= 0.3 is 5.97 Å². The van der Waals surface area contributed by atoms with Crippen molar-refractivity contribution in [3.63, 3.8) is 0 Å². The molecule has 27 heavy (non-hydrogen) atoms. The minimum atomic E-state index is -0.980. The molecule has 2 aromatic carbocycles. The molecule has 0 saturated carbocycles. The standard InChI is InChI=1S/C21H20N2O4/c1-14-20(21(24)25)13-22-23(14)17-8-6-15(7-9-17)4-5-16-10-18(26-2)12-19(11-16)27-3/h4-13H,1-3H3,(H,24,25)/b5-4+. The van der Waals surface area contributed by atoms with Crippen LogP contribution < -0.4 is 9.47 Å². The third-order valence-electron chi connectivity index (χ3n) is 4.22. The van der Waals surface area contributed by atoms with E-state index in [1.54, 1.807) is 25.8 Å². The maximum atomic E-state index is 11.2. The number of aromatic carboxylic acids is 1. The van der Waals surface area contributed by atoms with Crippen LogP contribution in [0.15, 0.2) is 48.7 Å². The SMILES string of the molecule is COc1cc(/C=C/c2ccc(-n3ncc(C(=O)O)c3C)cc2)cc(OC)c1. The molecule has 0 atom stereocenters. The van der Waals surface area contributed by atoms with Crippen molar-refractivity contribution >= 4 is 18.1 Å². The van der Waals surface area contributed by atoms with Crippen LogP contribution in [0.4, 0.5) is 0 Å². The summed E-state index contributed by atoms with van der Waals surface area (Å²) < 4.78 is 12.2. The van der Waals surface area contributed by atoms with Gasteiger partial charge in [0.05, 0.1) is 31.8 Å². The Kier molecular flexibility index (Phi) is 5.26. The monoisotopic (exact) mass is 364 g/mol. The van der Waals surface area contributed by atoms with Crippen LogP contribution in [-0.4, -0.2) is 35.1 Å². The van der Waals surface area contributed by atoms with Crippen molar-refractivity contribution in [3.05, 3.63) is 71.0 Å². The summed E-state index contributed by atoms with van der Waals surface area (Å²) in [6.45, 7) is 1.74. The summed E-state index contributed by atoms with van der Waals surface area (Å²) in [6, 6.07) is 13.4. The Morgan fingerprint density at radius 2 is 1.59 bits per heavy atom. The van der Waals surface area contributed by atoms with E-state index in [2.05, 4.69) is 5.10 Å². The van der Waals surface area contributed by atoms with Crippen LogP contribution in [0.5, 0.6) is 11.5 Å². The number of carbonyl (C=O) groups is 1. The summed E-state index contributed by atoms with van der Waals surface area (Å²) in [4.78, 5) is 11.2. The number of methoxy groups -OCH3 is 2. The number of benzene rings is 2. The van der Waals surface area contributed by atoms with Gasteiger partial charge in [0.1, 0.15) is 17.1 Å². The van der Waals surface area contributed by atoms with Crippen molar-refractivity contribution in [1.82, 2.24) is 9.78 Å². The van der Waals surface area contributed by atoms with Gasteiger partial charge in [-0.1, -0.05) is 24.3 Å². The molecule has 6 heteroatoms. The van der Waals surface area contributed by atoms with Gasteiger partial charge < -0.3 is 14.6 Å². The lowest BCUT2D eigenvalue weighted by Gasteiger charge is -2.06. The molecule has 0 unspecified atom stereocenters. The zero-order chi connectivity index (χ0) is 19.4. The minimum Gasteiger partial charge on any atom is -0.497 e. The zero-order valence-corrected chi connectivity index (χ0v) is 15.3. The smallest absolute Gasteiger partial charge is 0.339 e. The van der Waals surface area contributed by atoms with Crippen molar-refractivity contribution < 1.29 is 19.4 Å². The highest BCUT2D eigenvalue weighted by Gasteiger charge is 2.13. The largest absolute Gasteiger partial charge is 0.497 e. The van der Waals surface area contributed by atoms with Gasteiger partial charge in [-0.2, -0.15) is 5.10 Å². The average Bonchev–Trinajstić information content (AvgIpc) is 3.08. The molecule has 0 spiro atoms. The summed E-state index contributed by atoms with van der Waals surface area (Å²) in [6.07, 6.45) is 5.32. The fraction of sp³-hybridized carbons (Fsp3) is 0.143. The van der Waals surface area contributed by atoms with Gasteiger partial charge in [-0.25, -0.2) is 9.48 Å². The van der Waals surface area contributed by atoms with Crippen LogP contribution in [0.25, 0.3) is 17.8 Å². The van der Waals surface area contributed by atoms with Gasteiger partial charge in [0.15, 0.2) is 0 Å². The van der Waals surface area contributed by atoms with E-state index >= 15 is 0 Å². The number of hydrogen-bond donors (Lipinski definition) is 1. The second kappa shape index (κ2) is 7.78. The first-order chi connectivity index (χ1) is 13.0. The number of ether oxygens (including phenoxy) is 2. The lowest BCUT2D eigenvalue weighted by molar-refractivity contribution is 0.0696. The Hall–Kier alpha value is -3.54. The number of nitrogens with zero attached hydrogens (tertiary/aromatic N) is 2. The molecule has 1 heterocycles. The summed E-state index contributed by atoms with van der Waals surface area (Å²) in [5, 5.41) is 13.3. The Morgan fingerprint density at radius 3 is 2.11 bits per heavy atom. The molecular weight excluding hydrogens is 344 g/mol. The molecule has 0 aliphatic rings. The van der Waals surface area contributed by atoms with E-state index in [1.807, 2.05) is 54.6 Å². The van der Waals surface area contributed by atoms with E-state index in [-0.39, 0.29) is 5.56 Å². The van der Waals surface area contributed by atoms with E-state index in [0.29, 0.717) is 5.69 Å². The molecule has 3 aromatic rings. The van der Waals surface area contributed by atoms with Crippen molar-refractivity contribution in [2.75, 3.05) is 14.2 Å². The van der Waals surface area contributed by atoms with E-state index < -0.39 is 5.97 Å². The molecule has 0 aliphatic carbocycles. The Labute approximate surface area is 157 Å². The number of hydrogen-bond acceptors (Lipinski definition) is 4. The number of carboxylic acids is 1. The zero-order valence-electron chi connectivity index (χ0n) is 15.3. The van der Waals surface area contributed by atoms with Crippen molar-refractivity contribution in [3.8, 4) is 17.2 Å². The second-order valence-corrected chi connectivity index (χ2v) is 5.93. The molecule has 0 amide bonds. The van der Waals surface area contributed by atoms with Gasteiger partial charge in [-0.05, 0) is 42.3 Å². The highest BCUT2D eigenvalue weighted by Crippen LogP contribution is 2.24. The molecular formula is C21H20N2O4. The molecule has 1 N–H and O–H groups in total. The summed E-state index contributed by atoms with van der Waals surface area (Å²) in [5.74, 6) is 0.479. The summed E-state index contributed by atoms with van der Waals surface area (Å²) >= 11 is 0. The van der Waals surface area contributed by atoms with Crippen molar-refractivity contribution in [1.29, 1.82) is 0 Å². The molecule has 0 fully saturated rings. The van der Waals surface area contributed by atoms with Gasteiger partial charge in [0.25, 0.3) is 0 Å². The Balaban J connectivity index is 1.82. The van der Waals surface area contributed by atoms with Crippen LogP contribution in [0.3, 0.4) is 0 Å².